The van der Waals surface area contributed by atoms with Gasteiger partial charge >= 0.3 is 0 Å². The lowest BCUT2D eigenvalue weighted by Gasteiger charge is -2.25. The summed E-state index contributed by atoms with van der Waals surface area (Å²) in [5.41, 5.74) is -0.136. The highest BCUT2D eigenvalue weighted by Crippen LogP contribution is 2.32. The van der Waals surface area contributed by atoms with E-state index < -0.39 is 37.5 Å². The van der Waals surface area contributed by atoms with Gasteiger partial charge in [-0.1, -0.05) is 55.2 Å². The van der Waals surface area contributed by atoms with E-state index in [2.05, 4.69) is 4.72 Å². The maximum Gasteiger partial charge on any atom is 0.289 e. The number of hydrogen-bond acceptors (Lipinski definition) is 5. The number of nitrogens with one attached hydrogen (secondary N) is 1. The monoisotopic (exact) mass is 444 g/mol. The van der Waals surface area contributed by atoms with Crippen LogP contribution in [0.25, 0.3) is 0 Å². The Bertz CT molecular complexity index is 1010. The Morgan fingerprint density at radius 3 is 2.39 bits per heavy atom. The van der Waals surface area contributed by atoms with Gasteiger partial charge in [-0.3, -0.25) is 14.9 Å². The minimum Gasteiger partial charge on any atom is -0.299 e. The van der Waals surface area contributed by atoms with Gasteiger partial charge in [0.25, 0.3) is 5.69 Å². The third-order valence-corrected chi connectivity index (χ3v) is 6.52. The third-order valence-electron chi connectivity index (χ3n) is 4.29. The normalized spacial score (nSPS) is 13.7. The van der Waals surface area contributed by atoms with Crippen LogP contribution in [0.3, 0.4) is 0 Å². The highest BCUT2D eigenvalue weighted by atomic mass is 35.5. The van der Waals surface area contributed by atoms with Crippen molar-refractivity contribution in [3.63, 3.8) is 0 Å². The lowest BCUT2D eigenvalue weighted by Crippen LogP contribution is -2.35. The summed E-state index contributed by atoms with van der Waals surface area (Å²) in [6.07, 6.45) is 0.201. The van der Waals surface area contributed by atoms with E-state index in [-0.39, 0.29) is 22.2 Å². The number of carbonyl (C=O) groups is 1. The van der Waals surface area contributed by atoms with Crippen LogP contribution >= 0.6 is 23.2 Å². The van der Waals surface area contributed by atoms with Gasteiger partial charge in [0.05, 0.1) is 21.0 Å². The fourth-order valence-corrected chi connectivity index (χ4v) is 4.52. The first-order valence-electron chi connectivity index (χ1n) is 8.32. The minimum absolute atomic E-state index is 0.179. The molecule has 7 nitrogen and oxygen atoms in total. The van der Waals surface area contributed by atoms with Crippen molar-refractivity contribution in [1.82, 2.24) is 4.72 Å². The summed E-state index contributed by atoms with van der Waals surface area (Å²) in [4.78, 5) is 22.2. The van der Waals surface area contributed by atoms with Gasteiger partial charge in [0.15, 0.2) is 4.90 Å². The number of sulfonamides is 1. The second-order valence-electron chi connectivity index (χ2n) is 6.11. The molecule has 0 aromatic heterocycles. The number of benzene rings is 2. The van der Waals surface area contributed by atoms with Crippen LogP contribution in [0.2, 0.25) is 10.0 Å². The molecule has 0 unspecified atom stereocenters. The van der Waals surface area contributed by atoms with E-state index in [0.29, 0.717) is 5.56 Å². The lowest BCUT2D eigenvalue weighted by atomic mass is 9.91. The maximum atomic E-state index is 12.9. The number of carbonyl (C=O) groups excluding carboxylic acids is 1. The summed E-state index contributed by atoms with van der Waals surface area (Å²) >= 11 is 12.0. The standard InChI is InChI=1S/C18H18Cl2N2O5S/c1-3-16(23)11(2)18(12-8-9-13(19)14(20)10-12)21-28(26,27)17-7-5-4-6-15(17)22(24)25/h4-11,18,21H,3H2,1-2H3/t11-,18+/m0/s1. The minimum atomic E-state index is -4.31. The van der Waals surface area contributed by atoms with E-state index in [4.69, 9.17) is 23.2 Å². The molecule has 150 valence electrons. The number of halogens is 2. The zero-order valence-electron chi connectivity index (χ0n) is 15.1. The number of nitro groups is 1. The summed E-state index contributed by atoms with van der Waals surface area (Å²) in [5, 5.41) is 11.7. The van der Waals surface area contributed by atoms with Gasteiger partial charge in [-0.2, -0.15) is 0 Å². The van der Waals surface area contributed by atoms with Gasteiger partial charge < -0.3 is 0 Å². The van der Waals surface area contributed by atoms with Crippen molar-refractivity contribution in [2.75, 3.05) is 0 Å². The molecular formula is C18H18Cl2N2O5S. The number of ketones is 1. The van der Waals surface area contributed by atoms with Crippen molar-refractivity contribution >= 4 is 44.7 Å². The van der Waals surface area contributed by atoms with Crippen molar-refractivity contribution in [2.45, 2.75) is 31.2 Å². The second-order valence-corrected chi connectivity index (χ2v) is 8.60. The fourth-order valence-electron chi connectivity index (χ4n) is 2.74. The highest BCUT2D eigenvalue weighted by Gasteiger charge is 2.33. The molecule has 0 radical (unpaired) electrons. The van der Waals surface area contributed by atoms with Crippen LogP contribution in [-0.4, -0.2) is 19.1 Å². The zero-order valence-corrected chi connectivity index (χ0v) is 17.4. The molecule has 1 N–H and O–H groups in total. The van der Waals surface area contributed by atoms with Crippen LogP contribution in [0.4, 0.5) is 5.69 Å². The third kappa shape index (κ3) is 4.88. The van der Waals surface area contributed by atoms with Crippen LogP contribution in [0.5, 0.6) is 0 Å². The van der Waals surface area contributed by atoms with Crippen molar-refractivity contribution in [3.8, 4) is 0 Å². The van der Waals surface area contributed by atoms with Crippen molar-refractivity contribution in [2.24, 2.45) is 5.92 Å². The number of para-hydroxylation sites is 1. The molecule has 0 saturated heterocycles. The molecule has 0 aliphatic heterocycles. The molecule has 0 fully saturated rings. The first-order valence-corrected chi connectivity index (χ1v) is 10.6. The van der Waals surface area contributed by atoms with Crippen LogP contribution in [0, 0.1) is 16.0 Å². The Balaban J connectivity index is 2.54. The van der Waals surface area contributed by atoms with Gasteiger partial charge in [-0.15, -0.1) is 0 Å². The predicted octanol–water partition coefficient (Wildman–Crippen LogP) is 4.54. The SMILES string of the molecule is CCC(=O)[C@H](C)[C@@H](NS(=O)(=O)c1ccccc1[N+](=O)[O-])c1ccc(Cl)c(Cl)c1. The van der Waals surface area contributed by atoms with Crippen LogP contribution in [0.1, 0.15) is 31.9 Å². The summed E-state index contributed by atoms with van der Waals surface area (Å²) < 4.78 is 28.3. The quantitative estimate of drug-likeness (QED) is 0.475. The first kappa shape index (κ1) is 22.3. The first-order chi connectivity index (χ1) is 13.1. The van der Waals surface area contributed by atoms with Crippen LogP contribution in [-0.2, 0) is 14.8 Å². The number of hydrogen-bond donors (Lipinski definition) is 1. The van der Waals surface area contributed by atoms with E-state index in [9.17, 15) is 23.3 Å². The van der Waals surface area contributed by atoms with Crippen LogP contribution in [0.15, 0.2) is 47.4 Å². The molecule has 2 rings (SSSR count). The molecule has 0 amide bonds. The summed E-state index contributed by atoms with van der Waals surface area (Å²) in [6, 6.07) is 8.53. The van der Waals surface area contributed by atoms with Gasteiger partial charge in [0, 0.05) is 18.4 Å². The number of nitro benzene ring substituents is 1. The Morgan fingerprint density at radius 1 is 1.18 bits per heavy atom. The summed E-state index contributed by atoms with van der Waals surface area (Å²) in [6.45, 7) is 3.25. The number of rotatable bonds is 8. The van der Waals surface area contributed by atoms with E-state index in [1.807, 2.05) is 0 Å². The molecule has 2 aromatic carbocycles. The van der Waals surface area contributed by atoms with E-state index in [1.165, 1.54) is 24.3 Å². The molecule has 0 aliphatic carbocycles. The largest absolute Gasteiger partial charge is 0.299 e. The molecule has 0 bridgehead atoms. The van der Waals surface area contributed by atoms with Gasteiger partial charge in [0.1, 0.15) is 5.78 Å². The zero-order chi connectivity index (χ0) is 21.1. The molecule has 28 heavy (non-hydrogen) atoms. The maximum absolute atomic E-state index is 12.9. The molecule has 0 heterocycles. The average Bonchev–Trinajstić information content (AvgIpc) is 2.67. The average molecular weight is 445 g/mol. The van der Waals surface area contributed by atoms with Crippen molar-refractivity contribution < 1.29 is 18.1 Å². The smallest absolute Gasteiger partial charge is 0.289 e. The molecule has 0 saturated carbocycles. The molecule has 2 atom stereocenters. The Labute approximate surface area is 172 Å². The van der Waals surface area contributed by atoms with Gasteiger partial charge in [-0.05, 0) is 23.8 Å². The topological polar surface area (TPSA) is 106 Å². The molecule has 2 aromatic rings. The number of nitrogens with zero attached hydrogens (tertiary/aromatic N) is 1. The molecular weight excluding hydrogens is 427 g/mol. The molecule has 0 spiro atoms. The van der Waals surface area contributed by atoms with E-state index in [1.54, 1.807) is 19.9 Å². The summed E-state index contributed by atoms with van der Waals surface area (Å²) in [7, 11) is -4.31. The lowest BCUT2D eigenvalue weighted by molar-refractivity contribution is -0.387. The Morgan fingerprint density at radius 2 is 1.82 bits per heavy atom. The second kappa shape index (κ2) is 9.00. The van der Waals surface area contributed by atoms with E-state index >= 15 is 0 Å². The number of Topliss-reactive ketones (excluding diaryl/α,β-unsaturated/α-hetero) is 1. The predicted molar refractivity (Wildman–Crippen MR) is 107 cm³/mol. The Hall–Kier alpha value is -2.00. The molecule has 0 aliphatic rings. The highest BCUT2D eigenvalue weighted by molar-refractivity contribution is 7.89. The molecule has 10 heteroatoms. The van der Waals surface area contributed by atoms with Crippen molar-refractivity contribution in [3.05, 3.63) is 68.2 Å². The summed E-state index contributed by atoms with van der Waals surface area (Å²) in [5.74, 6) is -0.916. The van der Waals surface area contributed by atoms with Gasteiger partial charge in [0.2, 0.25) is 10.0 Å². The van der Waals surface area contributed by atoms with Crippen LogP contribution < -0.4 is 4.72 Å². The Kier molecular flexibility index (Phi) is 7.16. The van der Waals surface area contributed by atoms with Crippen molar-refractivity contribution in [1.29, 1.82) is 0 Å². The fraction of sp³-hybridized carbons (Fsp3) is 0.278. The van der Waals surface area contributed by atoms with Gasteiger partial charge in [-0.25, -0.2) is 13.1 Å². The van der Waals surface area contributed by atoms with E-state index in [0.717, 1.165) is 12.1 Å².